The van der Waals surface area contributed by atoms with Gasteiger partial charge in [0.15, 0.2) is 0 Å². The molecule has 4 rings (SSSR count). The number of benzene rings is 3. The number of amides is 1. The van der Waals surface area contributed by atoms with Gasteiger partial charge in [0.1, 0.15) is 0 Å². The summed E-state index contributed by atoms with van der Waals surface area (Å²) in [6.45, 7) is 5.60. The SMILES string of the molecule is C=Cc1ccc(-c2ccc(C(=O)NCCc3ccc(C4CCCN4C)cc3)cc2)cc1. The van der Waals surface area contributed by atoms with Crippen molar-refractivity contribution in [1.29, 1.82) is 0 Å². The highest BCUT2D eigenvalue weighted by atomic mass is 16.1. The summed E-state index contributed by atoms with van der Waals surface area (Å²) in [7, 11) is 2.20. The van der Waals surface area contributed by atoms with Crippen LogP contribution in [0.15, 0.2) is 79.4 Å². The van der Waals surface area contributed by atoms with Crippen LogP contribution in [-0.2, 0) is 6.42 Å². The Morgan fingerprint density at radius 1 is 1.00 bits per heavy atom. The quantitative estimate of drug-likeness (QED) is 0.539. The molecule has 0 saturated carbocycles. The van der Waals surface area contributed by atoms with Gasteiger partial charge in [0, 0.05) is 18.2 Å². The first-order chi connectivity index (χ1) is 15.1. The zero-order valence-electron chi connectivity index (χ0n) is 18.2. The molecule has 1 N–H and O–H groups in total. The minimum Gasteiger partial charge on any atom is -0.352 e. The number of hydrogen-bond acceptors (Lipinski definition) is 2. The van der Waals surface area contributed by atoms with Gasteiger partial charge in [-0.1, -0.05) is 73.3 Å². The Balaban J connectivity index is 1.29. The summed E-state index contributed by atoms with van der Waals surface area (Å²) in [6, 6.07) is 25.4. The van der Waals surface area contributed by atoms with E-state index in [1.807, 2.05) is 42.5 Å². The molecule has 1 heterocycles. The number of nitrogens with zero attached hydrogens (tertiary/aromatic N) is 1. The third-order valence-corrected chi connectivity index (χ3v) is 6.21. The fraction of sp³-hybridized carbons (Fsp3) is 0.250. The van der Waals surface area contributed by atoms with Crippen molar-refractivity contribution >= 4 is 12.0 Å². The zero-order chi connectivity index (χ0) is 21.6. The van der Waals surface area contributed by atoms with Crippen molar-refractivity contribution < 1.29 is 4.79 Å². The van der Waals surface area contributed by atoms with Crippen molar-refractivity contribution in [2.45, 2.75) is 25.3 Å². The zero-order valence-corrected chi connectivity index (χ0v) is 18.2. The Morgan fingerprint density at radius 3 is 2.23 bits per heavy atom. The van der Waals surface area contributed by atoms with Crippen molar-refractivity contribution in [3.05, 3.63) is 102 Å². The van der Waals surface area contributed by atoms with Crippen molar-refractivity contribution in [1.82, 2.24) is 10.2 Å². The molecule has 1 saturated heterocycles. The van der Waals surface area contributed by atoms with Crippen molar-refractivity contribution in [3.63, 3.8) is 0 Å². The molecular weight excluding hydrogens is 380 g/mol. The molecule has 0 radical (unpaired) electrons. The molecule has 158 valence electrons. The lowest BCUT2D eigenvalue weighted by Gasteiger charge is -2.20. The first-order valence-corrected chi connectivity index (χ1v) is 11.0. The maximum absolute atomic E-state index is 12.5. The molecule has 3 heteroatoms. The fourth-order valence-electron chi connectivity index (χ4n) is 4.29. The molecule has 1 atom stereocenters. The smallest absolute Gasteiger partial charge is 0.251 e. The highest BCUT2D eigenvalue weighted by molar-refractivity contribution is 5.94. The van der Waals surface area contributed by atoms with Crippen LogP contribution in [0, 0.1) is 0 Å². The molecule has 0 bridgehead atoms. The third kappa shape index (κ3) is 5.12. The molecule has 1 aliphatic heterocycles. The monoisotopic (exact) mass is 410 g/mol. The second-order valence-corrected chi connectivity index (χ2v) is 8.29. The molecule has 1 amide bonds. The van der Waals surface area contributed by atoms with Crippen LogP contribution in [0.3, 0.4) is 0 Å². The molecule has 1 unspecified atom stereocenters. The largest absolute Gasteiger partial charge is 0.352 e. The van der Waals surface area contributed by atoms with E-state index >= 15 is 0 Å². The number of nitrogens with one attached hydrogen (secondary N) is 1. The maximum atomic E-state index is 12.5. The highest BCUT2D eigenvalue weighted by Gasteiger charge is 2.22. The summed E-state index contributed by atoms with van der Waals surface area (Å²) in [6.07, 6.45) is 5.18. The number of rotatable bonds is 7. The van der Waals surface area contributed by atoms with Gasteiger partial charge < -0.3 is 5.32 Å². The van der Waals surface area contributed by atoms with E-state index in [9.17, 15) is 4.79 Å². The number of carbonyl (C=O) groups excluding carboxylic acids is 1. The van der Waals surface area contributed by atoms with Gasteiger partial charge in [-0.3, -0.25) is 9.69 Å². The predicted molar refractivity (Wildman–Crippen MR) is 129 cm³/mol. The second kappa shape index (κ2) is 9.76. The van der Waals surface area contributed by atoms with E-state index < -0.39 is 0 Å². The van der Waals surface area contributed by atoms with Crippen LogP contribution in [0.4, 0.5) is 0 Å². The third-order valence-electron chi connectivity index (χ3n) is 6.21. The predicted octanol–water partition coefficient (Wildman–Crippen LogP) is 5.74. The summed E-state index contributed by atoms with van der Waals surface area (Å²) in [4.78, 5) is 14.9. The Morgan fingerprint density at radius 2 is 1.65 bits per heavy atom. The second-order valence-electron chi connectivity index (χ2n) is 8.29. The lowest BCUT2D eigenvalue weighted by molar-refractivity contribution is 0.0954. The Bertz CT molecular complexity index is 1020. The summed E-state index contributed by atoms with van der Waals surface area (Å²) >= 11 is 0. The highest BCUT2D eigenvalue weighted by Crippen LogP contribution is 2.30. The number of carbonyl (C=O) groups is 1. The van der Waals surface area contributed by atoms with Gasteiger partial charge >= 0.3 is 0 Å². The van der Waals surface area contributed by atoms with Crippen molar-refractivity contribution in [2.75, 3.05) is 20.1 Å². The minimum atomic E-state index is -0.0299. The van der Waals surface area contributed by atoms with Crippen LogP contribution < -0.4 is 5.32 Å². The molecule has 3 aromatic carbocycles. The molecule has 3 aromatic rings. The molecule has 31 heavy (non-hydrogen) atoms. The van der Waals surface area contributed by atoms with E-state index in [4.69, 9.17) is 0 Å². The van der Waals surface area contributed by atoms with Gasteiger partial charge in [0.2, 0.25) is 0 Å². The molecule has 1 aliphatic rings. The Labute approximate surface area is 185 Å². The summed E-state index contributed by atoms with van der Waals surface area (Å²) < 4.78 is 0. The van der Waals surface area contributed by atoms with Gasteiger partial charge in [-0.25, -0.2) is 0 Å². The first kappa shape index (κ1) is 21.1. The standard InChI is InChI=1S/C28H30N2O/c1-3-21-6-10-23(11-7-21)24-14-16-26(17-15-24)28(31)29-19-18-22-8-12-25(13-9-22)27-5-4-20-30(27)2/h3,6-17,27H,1,4-5,18-20H2,2H3,(H,29,31). The fourth-order valence-corrected chi connectivity index (χ4v) is 4.29. The van der Waals surface area contributed by atoms with Gasteiger partial charge in [-0.05, 0) is 72.8 Å². The molecule has 0 spiro atoms. The number of likely N-dealkylation sites (tertiary alicyclic amines) is 1. The maximum Gasteiger partial charge on any atom is 0.251 e. The minimum absolute atomic E-state index is 0.0299. The summed E-state index contributed by atoms with van der Waals surface area (Å²) in [5, 5.41) is 3.04. The van der Waals surface area contributed by atoms with Gasteiger partial charge in [0.25, 0.3) is 5.91 Å². The molecule has 0 aliphatic carbocycles. The van der Waals surface area contributed by atoms with Gasteiger partial charge in [-0.2, -0.15) is 0 Å². The van der Waals surface area contributed by atoms with E-state index in [1.165, 1.54) is 30.5 Å². The first-order valence-electron chi connectivity index (χ1n) is 11.0. The van der Waals surface area contributed by atoms with Crippen LogP contribution in [0.2, 0.25) is 0 Å². The van der Waals surface area contributed by atoms with E-state index in [1.54, 1.807) is 0 Å². The Hall–Kier alpha value is -3.17. The van der Waals surface area contributed by atoms with Gasteiger partial charge in [-0.15, -0.1) is 0 Å². The molecule has 1 fully saturated rings. The van der Waals surface area contributed by atoms with Crippen LogP contribution in [0.1, 0.15) is 45.9 Å². The van der Waals surface area contributed by atoms with E-state index in [2.05, 4.69) is 60.2 Å². The van der Waals surface area contributed by atoms with Crippen LogP contribution in [0.5, 0.6) is 0 Å². The van der Waals surface area contributed by atoms with Crippen LogP contribution in [-0.4, -0.2) is 30.9 Å². The number of hydrogen-bond donors (Lipinski definition) is 1. The van der Waals surface area contributed by atoms with E-state index in [-0.39, 0.29) is 5.91 Å². The summed E-state index contributed by atoms with van der Waals surface area (Å²) in [5.41, 5.74) is 6.66. The lowest BCUT2D eigenvalue weighted by atomic mass is 10.0. The molecular formula is C28H30N2O. The van der Waals surface area contributed by atoms with Crippen molar-refractivity contribution in [3.8, 4) is 11.1 Å². The van der Waals surface area contributed by atoms with E-state index in [0.717, 1.165) is 23.1 Å². The van der Waals surface area contributed by atoms with Gasteiger partial charge in [0.05, 0.1) is 0 Å². The Kier molecular flexibility index (Phi) is 6.63. The topological polar surface area (TPSA) is 32.3 Å². The summed E-state index contributed by atoms with van der Waals surface area (Å²) in [5.74, 6) is -0.0299. The average Bonchev–Trinajstić information content (AvgIpc) is 3.25. The van der Waals surface area contributed by atoms with Crippen LogP contribution >= 0.6 is 0 Å². The van der Waals surface area contributed by atoms with E-state index in [0.29, 0.717) is 18.2 Å². The lowest BCUT2D eigenvalue weighted by Crippen LogP contribution is -2.25. The molecule has 0 aromatic heterocycles. The average molecular weight is 411 g/mol. The normalized spacial score (nSPS) is 16.2. The van der Waals surface area contributed by atoms with Crippen molar-refractivity contribution in [2.24, 2.45) is 0 Å². The van der Waals surface area contributed by atoms with Crippen LogP contribution in [0.25, 0.3) is 17.2 Å². The molecule has 3 nitrogen and oxygen atoms in total.